The molecule has 0 saturated carbocycles. The Morgan fingerprint density at radius 3 is 2.95 bits per heavy atom. The maximum Gasteiger partial charge on any atom is 0.175 e. The summed E-state index contributed by atoms with van der Waals surface area (Å²) < 4.78 is 11.6. The molecule has 1 aromatic carbocycles. The van der Waals surface area contributed by atoms with Gasteiger partial charge < -0.3 is 9.15 Å². The fourth-order valence-corrected chi connectivity index (χ4v) is 3.03. The predicted octanol–water partition coefficient (Wildman–Crippen LogP) is 5.24. The van der Waals surface area contributed by atoms with Crippen molar-refractivity contribution in [2.45, 2.75) is 12.5 Å². The number of benzene rings is 1. The smallest absolute Gasteiger partial charge is 0.175 e. The number of fused-ring (bicyclic) bond motifs is 1. The van der Waals surface area contributed by atoms with Gasteiger partial charge in [0.2, 0.25) is 0 Å². The highest BCUT2D eigenvalue weighted by Crippen LogP contribution is 2.33. The van der Waals surface area contributed by atoms with Gasteiger partial charge in [-0.15, -0.1) is 22.9 Å². The molecule has 0 unspecified atom stereocenters. The summed E-state index contributed by atoms with van der Waals surface area (Å²) in [4.78, 5) is 1.18. The summed E-state index contributed by atoms with van der Waals surface area (Å²) in [6.45, 7) is 0. The summed E-state index contributed by atoms with van der Waals surface area (Å²) in [7, 11) is 0. The summed E-state index contributed by atoms with van der Waals surface area (Å²) in [5.41, 5.74) is 0.790. The number of thiophene rings is 1. The van der Waals surface area contributed by atoms with E-state index in [1.807, 2.05) is 35.7 Å². The third kappa shape index (κ3) is 2.62. The highest BCUT2D eigenvalue weighted by Gasteiger charge is 2.16. The van der Waals surface area contributed by atoms with Crippen molar-refractivity contribution in [3.63, 3.8) is 0 Å². The van der Waals surface area contributed by atoms with Crippen LogP contribution in [0.3, 0.4) is 0 Å². The zero-order chi connectivity index (χ0) is 13.1. The zero-order valence-electron chi connectivity index (χ0n) is 10.2. The molecular formula is C15H13ClO2S. The minimum Gasteiger partial charge on any atom is -0.481 e. The Hall–Kier alpha value is -1.45. The van der Waals surface area contributed by atoms with Gasteiger partial charge >= 0.3 is 0 Å². The first-order chi connectivity index (χ1) is 9.38. The van der Waals surface area contributed by atoms with E-state index in [0.717, 1.165) is 23.1 Å². The van der Waals surface area contributed by atoms with Crippen LogP contribution in [0.2, 0.25) is 0 Å². The first kappa shape index (κ1) is 12.6. The van der Waals surface area contributed by atoms with Crippen LogP contribution in [0.15, 0.2) is 52.5 Å². The van der Waals surface area contributed by atoms with Crippen LogP contribution in [0.1, 0.15) is 17.4 Å². The lowest BCUT2D eigenvalue weighted by Gasteiger charge is -2.17. The van der Waals surface area contributed by atoms with Gasteiger partial charge in [0.05, 0.1) is 6.26 Å². The van der Waals surface area contributed by atoms with Gasteiger partial charge in [0.1, 0.15) is 6.10 Å². The maximum absolute atomic E-state index is 6.10. The molecule has 0 aliphatic heterocycles. The molecule has 0 N–H and O–H groups in total. The standard InChI is InChI=1S/C15H13ClO2S/c16-8-6-12(14-5-2-10-19-14)18-13-4-1-3-11-7-9-17-15(11)13/h1-5,7,9-10,12H,6,8H2/t12-/m1/s1. The molecule has 0 fully saturated rings. The summed E-state index contributed by atoms with van der Waals surface area (Å²) in [6.07, 6.45) is 2.44. The number of para-hydroxylation sites is 1. The molecule has 0 bridgehead atoms. The second-order valence-electron chi connectivity index (χ2n) is 4.19. The summed E-state index contributed by atoms with van der Waals surface area (Å²) >= 11 is 7.56. The maximum atomic E-state index is 6.10. The average Bonchev–Trinajstić information content (AvgIpc) is 3.10. The van der Waals surface area contributed by atoms with Crippen molar-refractivity contribution < 1.29 is 9.15 Å². The summed E-state index contributed by atoms with van der Waals surface area (Å²) in [6, 6.07) is 11.9. The Morgan fingerprint density at radius 1 is 1.21 bits per heavy atom. The molecule has 2 heterocycles. The van der Waals surface area contributed by atoms with Gasteiger partial charge in [-0.05, 0) is 23.6 Å². The topological polar surface area (TPSA) is 22.4 Å². The highest BCUT2D eigenvalue weighted by molar-refractivity contribution is 7.10. The number of alkyl halides is 1. The Kier molecular flexibility index (Phi) is 3.76. The average molecular weight is 293 g/mol. The number of furan rings is 1. The van der Waals surface area contributed by atoms with Gasteiger partial charge in [-0.2, -0.15) is 0 Å². The van der Waals surface area contributed by atoms with Crippen molar-refractivity contribution in [3.8, 4) is 5.75 Å². The lowest BCUT2D eigenvalue weighted by Crippen LogP contribution is -2.06. The lowest BCUT2D eigenvalue weighted by atomic mass is 10.2. The predicted molar refractivity (Wildman–Crippen MR) is 79.2 cm³/mol. The van der Waals surface area contributed by atoms with E-state index in [9.17, 15) is 0 Å². The second kappa shape index (κ2) is 5.68. The van der Waals surface area contributed by atoms with Gasteiger partial charge in [-0.1, -0.05) is 18.2 Å². The van der Waals surface area contributed by atoms with E-state index in [-0.39, 0.29) is 6.10 Å². The molecule has 0 radical (unpaired) electrons. The zero-order valence-corrected chi connectivity index (χ0v) is 11.8. The first-order valence-electron chi connectivity index (χ1n) is 6.11. The van der Waals surface area contributed by atoms with Crippen LogP contribution in [-0.4, -0.2) is 5.88 Å². The van der Waals surface area contributed by atoms with Crippen molar-refractivity contribution >= 4 is 33.9 Å². The van der Waals surface area contributed by atoms with Crippen molar-refractivity contribution in [2.24, 2.45) is 0 Å². The highest BCUT2D eigenvalue weighted by atomic mass is 35.5. The molecule has 0 aliphatic rings. The third-order valence-electron chi connectivity index (χ3n) is 2.94. The molecule has 19 heavy (non-hydrogen) atoms. The van der Waals surface area contributed by atoms with Gasteiger partial charge in [-0.3, -0.25) is 0 Å². The SMILES string of the molecule is ClCC[C@@H](Oc1cccc2ccoc12)c1cccs1. The van der Waals surface area contributed by atoms with Crippen molar-refractivity contribution in [3.05, 3.63) is 52.9 Å². The summed E-state index contributed by atoms with van der Waals surface area (Å²) in [5.74, 6) is 1.34. The fourth-order valence-electron chi connectivity index (χ4n) is 2.04. The number of hydrogen-bond donors (Lipinski definition) is 0. The molecular weight excluding hydrogens is 280 g/mol. The lowest BCUT2D eigenvalue weighted by molar-refractivity contribution is 0.206. The Labute approximate surface area is 120 Å². The van der Waals surface area contributed by atoms with Crippen molar-refractivity contribution in [1.82, 2.24) is 0 Å². The molecule has 98 valence electrons. The fraction of sp³-hybridized carbons (Fsp3) is 0.200. The molecule has 0 amide bonds. The van der Waals surface area contributed by atoms with E-state index in [0.29, 0.717) is 5.88 Å². The molecule has 0 spiro atoms. The van der Waals surface area contributed by atoms with Crippen LogP contribution in [0.4, 0.5) is 0 Å². The van der Waals surface area contributed by atoms with Gasteiger partial charge in [0.15, 0.2) is 11.3 Å². The Balaban J connectivity index is 1.91. The Morgan fingerprint density at radius 2 is 2.16 bits per heavy atom. The molecule has 3 rings (SSSR count). The second-order valence-corrected chi connectivity index (χ2v) is 5.55. The van der Waals surface area contributed by atoms with Crippen LogP contribution in [0.25, 0.3) is 11.0 Å². The van der Waals surface area contributed by atoms with Gasteiger partial charge in [0.25, 0.3) is 0 Å². The molecule has 4 heteroatoms. The Bertz CT molecular complexity index is 645. The first-order valence-corrected chi connectivity index (χ1v) is 7.52. The number of ether oxygens (including phenoxy) is 1. The quantitative estimate of drug-likeness (QED) is 0.600. The summed E-state index contributed by atoms with van der Waals surface area (Å²) in [5, 5.41) is 3.10. The van der Waals surface area contributed by atoms with Crippen LogP contribution < -0.4 is 4.74 Å². The van der Waals surface area contributed by atoms with E-state index in [1.54, 1.807) is 17.6 Å². The van der Waals surface area contributed by atoms with Gasteiger partial charge in [-0.25, -0.2) is 0 Å². The molecule has 0 aliphatic carbocycles. The van der Waals surface area contributed by atoms with E-state index in [4.69, 9.17) is 20.8 Å². The van der Waals surface area contributed by atoms with E-state index in [1.165, 1.54) is 4.88 Å². The monoisotopic (exact) mass is 292 g/mol. The van der Waals surface area contributed by atoms with Crippen LogP contribution in [0, 0.1) is 0 Å². The van der Waals surface area contributed by atoms with Crippen molar-refractivity contribution in [2.75, 3.05) is 5.88 Å². The molecule has 2 aromatic heterocycles. The normalized spacial score (nSPS) is 12.7. The van der Waals surface area contributed by atoms with Gasteiger partial charge in [0, 0.05) is 22.6 Å². The van der Waals surface area contributed by atoms with E-state index < -0.39 is 0 Å². The molecule has 0 saturated heterocycles. The van der Waals surface area contributed by atoms with Crippen molar-refractivity contribution in [1.29, 1.82) is 0 Å². The van der Waals surface area contributed by atoms with E-state index >= 15 is 0 Å². The minimum atomic E-state index is -0.0202. The van der Waals surface area contributed by atoms with Crippen LogP contribution in [-0.2, 0) is 0 Å². The third-order valence-corrected chi connectivity index (χ3v) is 4.13. The number of rotatable bonds is 5. The molecule has 2 nitrogen and oxygen atoms in total. The van der Waals surface area contributed by atoms with Crippen LogP contribution >= 0.6 is 22.9 Å². The van der Waals surface area contributed by atoms with E-state index in [2.05, 4.69) is 6.07 Å². The minimum absolute atomic E-state index is 0.0202. The van der Waals surface area contributed by atoms with Crippen LogP contribution in [0.5, 0.6) is 5.75 Å². The number of halogens is 1. The number of hydrogen-bond acceptors (Lipinski definition) is 3. The molecule has 3 aromatic rings. The largest absolute Gasteiger partial charge is 0.481 e. The molecule has 1 atom stereocenters.